The summed E-state index contributed by atoms with van der Waals surface area (Å²) >= 11 is 0. The molecule has 1 amide bonds. The van der Waals surface area contributed by atoms with Gasteiger partial charge in [-0.25, -0.2) is 0 Å². The number of nitrogens with zero attached hydrogens (tertiary/aromatic N) is 3. The molecule has 0 aliphatic carbocycles. The van der Waals surface area contributed by atoms with Gasteiger partial charge in [-0.15, -0.1) is 15.0 Å². The van der Waals surface area contributed by atoms with Crippen molar-refractivity contribution >= 4 is 16.9 Å². The molecule has 2 N–H and O–H groups in total. The Kier molecular flexibility index (Phi) is 6.85. The van der Waals surface area contributed by atoms with Crippen LogP contribution in [0.4, 0.5) is 0 Å². The summed E-state index contributed by atoms with van der Waals surface area (Å²) < 4.78 is 11.3. The smallest absolute Gasteiger partial charge is 0.258 e. The largest absolute Gasteiger partial charge is 0.496 e. The predicted octanol–water partition coefficient (Wildman–Crippen LogP) is 3.22. The lowest BCUT2D eigenvalue weighted by Crippen LogP contribution is -2.31. The van der Waals surface area contributed by atoms with Gasteiger partial charge in [-0.2, -0.15) is 0 Å². The Morgan fingerprint density at radius 3 is 2.42 bits per heavy atom. The highest BCUT2D eigenvalue weighted by atomic mass is 16.5. The molecule has 0 bridgehead atoms. The molecular formula is C25H26N4O4. The second-order valence-electron chi connectivity index (χ2n) is 7.57. The first-order valence-electron chi connectivity index (χ1n) is 10.7. The van der Waals surface area contributed by atoms with Crippen molar-refractivity contribution in [3.05, 3.63) is 77.9 Å². The van der Waals surface area contributed by atoms with E-state index in [4.69, 9.17) is 9.47 Å². The molecule has 4 rings (SSSR count). The maximum Gasteiger partial charge on any atom is 0.258 e. The zero-order valence-electron chi connectivity index (χ0n) is 18.6. The van der Waals surface area contributed by atoms with Crippen molar-refractivity contribution in [2.75, 3.05) is 20.3 Å². The van der Waals surface area contributed by atoms with E-state index in [2.05, 4.69) is 15.5 Å². The average Bonchev–Trinajstić information content (AvgIpc) is 3.27. The predicted molar refractivity (Wildman–Crippen MR) is 125 cm³/mol. The van der Waals surface area contributed by atoms with Crippen LogP contribution in [0.5, 0.6) is 11.5 Å². The minimum Gasteiger partial charge on any atom is -0.496 e. The van der Waals surface area contributed by atoms with Crippen molar-refractivity contribution in [1.29, 1.82) is 0 Å². The Hall–Kier alpha value is -3.91. The lowest BCUT2D eigenvalue weighted by Gasteiger charge is -2.18. The van der Waals surface area contributed by atoms with Crippen LogP contribution in [-0.4, -0.2) is 46.3 Å². The third-order valence-corrected chi connectivity index (χ3v) is 5.27. The number of carbonyl (C=O) groups is 1. The van der Waals surface area contributed by atoms with Gasteiger partial charge in [-0.05, 0) is 49.2 Å². The summed E-state index contributed by atoms with van der Waals surface area (Å²) in [6.45, 7) is 1.74. The van der Waals surface area contributed by atoms with Gasteiger partial charge in [0.05, 0.1) is 13.2 Å². The van der Waals surface area contributed by atoms with Crippen LogP contribution in [0.15, 0.2) is 66.7 Å². The van der Waals surface area contributed by atoms with Crippen LogP contribution in [0, 0.1) is 0 Å². The maximum absolute atomic E-state index is 12.6. The van der Waals surface area contributed by atoms with E-state index in [1.807, 2.05) is 67.6 Å². The number of fused-ring (bicyclic) bond motifs is 1. The summed E-state index contributed by atoms with van der Waals surface area (Å²) in [6.07, 6.45) is 0.491. The molecule has 1 heterocycles. The van der Waals surface area contributed by atoms with Crippen molar-refractivity contribution < 1.29 is 19.4 Å². The average molecular weight is 447 g/mol. The highest BCUT2D eigenvalue weighted by molar-refractivity contribution is 5.78. The molecule has 8 heteroatoms. The molecule has 0 saturated carbocycles. The number of carbonyl (C=O) groups excluding carboxylic acids is 1. The number of methoxy groups -OCH3 is 1. The molecule has 0 aliphatic rings. The third kappa shape index (κ3) is 5.12. The molecule has 0 fully saturated rings. The minimum atomic E-state index is -0.266. The van der Waals surface area contributed by atoms with E-state index in [1.165, 1.54) is 4.80 Å². The number of amides is 1. The molecule has 0 spiro atoms. The van der Waals surface area contributed by atoms with Crippen molar-refractivity contribution in [1.82, 2.24) is 20.3 Å². The van der Waals surface area contributed by atoms with Gasteiger partial charge in [-0.3, -0.25) is 4.79 Å². The zero-order valence-corrected chi connectivity index (χ0v) is 18.6. The third-order valence-electron chi connectivity index (χ3n) is 5.27. The Morgan fingerprint density at radius 1 is 1.03 bits per heavy atom. The number of rotatable bonds is 9. The number of hydrogen-bond donors (Lipinski definition) is 2. The summed E-state index contributed by atoms with van der Waals surface area (Å²) in [5.74, 6) is 0.916. The molecule has 0 aliphatic heterocycles. The minimum absolute atomic E-state index is 0.0252. The zero-order chi connectivity index (χ0) is 23.2. The normalized spacial score (nSPS) is 11.8. The monoisotopic (exact) mass is 446 g/mol. The number of ether oxygens (including phenoxy) is 2. The Labute approximate surface area is 191 Å². The van der Waals surface area contributed by atoms with Crippen molar-refractivity contribution in [2.45, 2.75) is 19.4 Å². The lowest BCUT2D eigenvalue weighted by atomic mass is 10.1. The SMILES string of the molecule is COc1ccccc1C(C)NC(=O)COc1ccc(CCO)cc1-n1nc2ccccc2n1. The second kappa shape index (κ2) is 10.1. The van der Waals surface area contributed by atoms with E-state index in [1.54, 1.807) is 13.2 Å². The van der Waals surface area contributed by atoms with Gasteiger partial charge in [0.25, 0.3) is 5.91 Å². The Balaban J connectivity index is 1.52. The summed E-state index contributed by atoms with van der Waals surface area (Å²) in [4.78, 5) is 14.1. The summed E-state index contributed by atoms with van der Waals surface area (Å²) in [7, 11) is 1.60. The number of aromatic nitrogens is 3. The molecular weight excluding hydrogens is 420 g/mol. The number of aliphatic hydroxyl groups excluding tert-OH is 1. The number of para-hydroxylation sites is 1. The van der Waals surface area contributed by atoms with Crippen LogP contribution in [0.2, 0.25) is 0 Å². The van der Waals surface area contributed by atoms with Crippen LogP contribution in [0.25, 0.3) is 16.7 Å². The summed E-state index contributed by atoms with van der Waals surface area (Å²) in [5, 5.41) is 21.3. The van der Waals surface area contributed by atoms with Crippen LogP contribution in [0.1, 0.15) is 24.1 Å². The van der Waals surface area contributed by atoms with Crippen LogP contribution < -0.4 is 14.8 Å². The lowest BCUT2D eigenvalue weighted by molar-refractivity contribution is -0.123. The number of aliphatic hydroxyl groups is 1. The molecule has 0 radical (unpaired) electrons. The van der Waals surface area contributed by atoms with Crippen molar-refractivity contribution in [2.24, 2.45) is 0 Å². The van der Waals surface area contributed by atoms with Crippen molar-refractivity contribution in [3.8, 4) is 17.2 Å². The second-order valence-corrected chi connectivity index (χ2v) is 7.57. The fraction of sp³-hybridized carbons (Fsp3) is 0.240. The van der Waals surface area contributed by atoms with E-state index in [9.17, 15) is 9.90 Å². The first kappa shape index (κ1) is 22.3. The highest BCUT2D eigenvalue weighted by Crippen LogP contribution is 2.26. The van der Waals surface area contributed by atoms with E-state index >= 15 is 0 Å². The van der Waals surface area contributed by atoms with Crippen LogP contribution in [0.3, 0.4) is 0 Å². The van der Waals surface area contributed by atoms with E-state index in [-0.39, 0.29) is 25.2 Å². The molecule has 1 unspecified atom stereocenters. The first-order valence-corrected chi connectivity index (χ1v) is 10.7. The molecule has 1 atom stereocenters. The maximum atomic E-state index is 12.6. The Morgan fingerprint density at radius 2 is 1.73 bits per heavy atom. The van der Waals surface area contributed by atoms with E-state index in [0.29, 0.717) is 23.6 Å². The molecule has 3 aromatic carbocycles. The fourth-order valence-electron chi connectivity index (χ4n) is 3.62. The summed E-state index contributed by atoms with van der Waals surface area (Å²) in [6, 6.07) is 20.3. The van der Waals surface area contributed by atoms with Gasteiger partial charge in [0.15, 0.2) is 6.61 Å². The molecule has 1 aromatic heterocycles. The topological polar surface area (TPSA) is 98.5 Å². The quantitative estimate of drug-likeness (QED) is 0.410. The fourth-order valence-corrected chi connectivity index (χ4v) is 3.62. The Bertz CT molecular complexity index is 1220. The van der Waals surface area contributed by atoms with Gasteiger partial charge < -0.3 is 19.9 Å². The van der Waals surface area contributed by atoms with Gasteiger partial charge in [0.1, 0.15) is 28.2 Å². The number of nitrogens with one attached hydrogen (secondary N) is 1. The van der Waals surface area contributed by atoms with Crippen LogP contribution in [-0.2, 0) is 11.2 Å². The first-order chi connectivity index (χ1) is 16.1. The molecule has 170 valence electrons. The van der Waals surface area contributed by atoms with E-state index in [0.717, 1.165) is 22.2 Å². The van der Waals surface area contributed by atoms with Gasteiger partial charge in [0, 0.05) is 12.2 Å². The highest BCUT2D eigenvalue weighted by Gasteiger charge is 2.16. The standard InChI is InChI=1S/C25H26N4O4/c1-17(19-7-3-6-10-23(19)32-2)26-25(31)16-33-24-12-11-18(13-14-30)15-22(24)29-27-20-8-4-5-9-21(20)28-29/h3-12,15,17,30H,13-14,16H2,1-2H3,(H,26,31). The van der Waals surface area contributed by atoms with Gasteiger partial charge >= 0.3 is 0 Å². The summed E-state index contributed by atoms with van der Waals surface area (Å²) in [5.41, 5.74) is 3.90. The van der Waals surface area contributed by atoms with E-state index < -0.39 is 0 Å². The molecule has 0 saturated heterocycles. The van der Waals surface area contributed by atoms with Gasteiger partial charge in [0.2, 0.25) is 0 Å². The van der Waals surface area contributed by atoms with Crippen LogP contribution >= 0.6 is 0 Å². The molecule has 4 aromatic rings. The molecule has 33 heavy (non-hydrogen) atoms. The van der Waals surface area contributed by atoms with Gasteiger partial charge in [-0.1, -0.05) is 36.4 Å². The number of hydrogen-bond acceptors (Lipinski definition) is 6. The van der Waals surface area contributed by atoms with Crippen molar-refractivity contribution in [3.63, 3.8) is 0 Å². The number of benzene rings is 3. The molecule has 8 nitrogen and oxygen atoms in total.